The van der Waals surface area contributed by atoms with Gasteiger partial charge in [-0.3, -0.25) is 15.7 Å². The number of hydrogen-bond donors (Lipinski definition) is 4. The number of nitrogens with one attached hydrogen (secondary N) is 2. The first-order chi connectivity index (χ1) is 15.6. The number of anilines is 1. The number of benzene rings is 2. The molecular formula is C26H36N5P. The quantitative estimate of drug-likeness (QED) is 0.267. The third-order valence-electron chi connectivity index (χ3n) is 7.04. The van der Waals surface area contributed by atoms with Crippen molar-refractivity contribution in [2.45, 2.75) is 75.5 Å². The fraction of sp³-hybridized carbons (Fsp3) is 0.462. The maximum atomic E-state index is 8.02. The zero-order chi connectivity index (χ0) is 22.5. The van der Waals surface area contributed by atoms with Crippen LogP contribution in [0.3, 0.4) is 0 Å². The summed E-state index contributed by atoms with van der Waals surface area (Å²) in [5.41, 5.74) is 16.2. The van der Waals surface area contributed by atoms with E-state index in [0.717, 1.165) is 16.9 Å². The van der Waals surface area contributed by atoms with Crippen molar-refractivity contribution in [3.8, 4) is 11.1 Å². The SMILES string of the molecule is N=C(N)N(C(=N)N)c1ccccc1-c1ccccc1P(C1CCCCC1)C1CCCCC1. The molecule has 2 saturated carbocycles. The van der Waals surface area contributed by atoms with Crippen LogP contribution in [0.5, 0.6) is 0 Å². The zero-order valence-electron chi connectivity index (χ0n) is 18.9. The van der Waals surface area contributed by atoms with Gasteiger partial charge in [-0.25, -0.2) is 0 Å². The van der Waals surface area contributed by atoms with E-state index in [-0.39, 0.29) is 19.8 Å². The van der Waals surface area contributed by atoms with Crippen LogP contribution in [0.25, 0.3) is 11.1 Å². The van der Waals surface area contributed by atoms with Gasteiger partial charge in [-0.2, -0.15) is 0 Å². The van der Waals surface area contributed by atoms with Crippen molar-refractivity contribution < 1.29 is 0 Å². The number of rotatable bonds is 5. The molecule has 0 unspecified atom stereocenters. The van der Waals surface area contributed by atoms with Gasteiger partial charge in [0.25, 0.3) is 0 Å². The molecule has 4 rings (SSSR count). The van der Waals surface area contributed by atoms with Crippen molar-refractivity contribution in [3.63, 3.8) is 0 Å². The van der Waals surface area contributed by atoms with Gasteiger partial charge in [-0.05, 0) is 53.9 Å². The topological polar surface area (TPSA) is 103 Å². The van der Waals surface area contributed by atoms with Crippen molar-refractivity contribution in [1.82, 2.24) is 0 Å². The molecule has 2 aromatic rings. The average Bonchev–Trinajstić information content (AvgIpc) is 2.81. The monoisotopic (exact) mass is 449 g/mol. The molecule has 0 heterocycles. The molecule has 5 nitrogen and oxygen atoms in total. The first-order valence-electron chi connectivity index (χ1n) is 12.0. The predicted octanol–water partition coefficient (Wildman–Crippen LogP) is 5.72. The molecule has 32 heavy (non-hydrogen) atoms. The molecule has 2 fully saturated rings. The highest BCUT2D eigenvalue weighted by Crippen LogP contribution is 2.56. The van der Waals surface area contributed by atoms with Crippen LogP contribution in [-0.4, -0.2) is 23.2 Å². The Labute approximate surface area is 193 Å². The molecular weight excluding hydrogens is 413 g/mol. The Balaban J connectivity index is 1.83. The van der Waals surface area contributed by atoms with Crippen LogP contribution in [-0.2, 0) is 0 Å². The number of para-hydroxylation sites is 1. The lowest BCUT2D eigenvalue weighted by atomic mass is 9.99. The van der Waals surface area contributed by atoms with E-state index in [1.165, 1.54) is 80.0 Å². The fourth-order valence-electron chi connectivity index (χ4n) is 5.62. The lowest BCUT2D eigenvalue weighted by molar-refractivity contribution is 0.487. The van der Waals surface area contributed by atoms with Crippen LogP contribution in [0.4, 0.5) is 5.69 Å². The van der Waals surface area contributed by atoms with E-state index in [0.29, 0.717) is 5.69 Å². The summed E-state index contributed by atoms with van der Waals surface area (Å²) in [7, 11) is -0.287. The summed E-state index contributed by atoms with van der Waals surface area (Å²) in [5.74, 6) is -0.464. The van der Waals surface area contributed by atoms with Gasteiger partial charge in [-0.15, -0.1) is 0 Å². The summed E-state index contributed by atoms with van der Waals surface area (Å²) in [6, 6.07) is 16.8. The van der Waals surface area contributed by atoms with Crippen LogP contribution in [0.15, 0.2) is 48.5 Å². The summed E-state index contributed by atoms with van der Waals surface area (Å²) in [6.07, 6.45) is 13.6. The van der Waals surface area contributed by atoms with Crippen LogP contribution < -0.4 is 21.7 Å². The highest BCUT2D eigenvalue weighted by molar-refractivity contribution is 7.67. The largest absolute Gasteiger partial charge is 0.369 e. The summed E-state index contributed by atoms with van der Waals surface area (Å²) in [5, 5.41) is 17.5. The maximum Gasteiger partial charge on any atom is 0.200 e. The van der Waals surface area contributed by atoms with Crippen LogP contribution >= 0.6 is 7.92 Å². The summed E-state index contributed by atoms with van der Waals surface area (Å²) in [4.78, 5) is 1.33. The fourth-order valence-corrected chi connectivity index (χ4v) is 9.58. The molecule has 6 N–H and O–H groups in total. The lowest BCUT2D eigenvalue weighted by Gasteiger charge is -2.40. The Morgan fingerprint density at radius 1 is 0.688 bits per heavy atom. The van der Waals surface area contributed by atoms with Gasteiger partial charge in [0, 0.05) is 5.56 Å². The van der Waals surface area contributed by atoms with Crippen LogP contribution in [0.2, 0.25) is 0 Å². The molecule has 2 aromatic carbocycles. The minimum Gasteiger partial charge on any atom is -0.369 e. The van der Waals surface area contributed by atoms with E-state index in [1.54, 1.807) is 0 Å². The number of hydrogen-bond acceptors (Lipinski definition) is 2. The minimum absolute atomic E-state index is 0.232. The van der Waals surface area contributed by atoms with E-state index in [4.69, 9.17) is 22.3 Å². The van der Waals surface area contributed by atoms with E-state index in [1.807, 2.05) is 18.2 Å². The standard InChI is InChI=1S/C26H36N5P/c27-25(28)31(26(29)30)23-17-9-7-15-21(23)22-16-8-10-18-24(22)32(19-11-3-1-4-12-19)20-13-5-2-6-14-20/h7-10,15-20H,1-6,11-14H2,(H3,27,28)(H3,29,30). The second kappa shape index (κ2) is 10.5. The normalized spacial score (nSPS) is 17.9. The Morgan fingerprint density at radius 3 is 1.69 bits per heavy atom. The van der Waals surface area contributed by atoms with E-state index in [9.17, 15) is 0 Å². The second-order valence-electron chi connectivity index (χ2n) is 9.13. The van der Waals surface area contributed by atoms with Gasteiger partial charge in [-0.1, -0.05) is 88.9 Å². The third-order valence-corrected chi connectivity index (χ3v) is 10.6. The molecule has 170 valence electrons. The van der Waals surface area contributed by atoms with Gasteiger partial charge in [0.2, 0.25) is 0 Å². The molecule has 0 spiro atoms. The summed E-state index contributed by atoms with van der Waals surface area (Å²) < 4.78 is 0. The number of guanidine groups is 2. The van der Waals surface area contributed by atoms with Crippen molar-refractivity contribution in [3.05, 3.63) is 48.5 Å². The molecule has 0 aromatic heterocycles. The van der Waals surface area contributed by atoms with Gasteiger partial charge < -0.3 is 11.5 Å². The van der Waals surface area contributed by atoms with E-state index < -0.39 is 0 Å². The van der Waals surface area contributed by atoms with Crippen molar-refractivity contribution in [1.29, 1.82) is 10.8 Å². The molecule has 2 aliphatic rings. The predicted molar refractivity (Wildman–Crippen MR) is 138 cm³/mol. The molecule has 0 amide bonds. The molecule has 0 atom stereocenters. The smallest absolute Gasteiger partial charge is 0.200 e. The number of nitrogens with two attached hydrogens (primary N) is 2. The molecule has 0 bridgehead atoms. The van der Waals surface area contributed by atoms with E-state index in [2.05, 4.69) is 30.3 Å². The molecule has 0 radical (unpaired) electrons. The average molecular weight is 450 g/mol. The van der Waals surface area contributed by atoms with Gasteiger partial charge in [0.1, 0.15) is 0 Å². The lowest BCUT2D eigenvalue weighted by Crippen LogP contribution is -2.45. The first kappa shape index (κ1) is 22.8. The highest BCUT2D eigenvalue weighted by Gasteiger charge is 2.34. The second-order valence-corrected chi connectivity index (χ2v) is 11.9. The van der Waals surface area contributed by atoms with Crippen LogP contribution in [0.1, 0.15) is 64.2 Å². The Kier molecular flexibility index (Phi) is 7.47. The van der Waals surface area contributed by atoms with Crippen molar-refractivity contribution >= 4 is 30.8 Å². The molecule has 2 aliphatic carbocycles. The first-order valence-corrected chi connectivity index (χ1v) is 13.5. The molecule has 0 aliphatic heterocycles. The molecule has 0 saturated heterocycles. The third kappa shape index (κ3) is 4.83. The van der Waals surface area contributed by atoms with Gasteiger partial charge in [0.15, 0.2) is 11.9 Å². The van der Waals surface area contributed by atoms with Gasteiger partial charge >= 0.3 is 0 Å². The Morgan fingerprint density at radius 2 is 1.16 bits per heavy atom. The highest BCUT2D eigenvalue weighted by atomic mass is 31.1. The maximum absolute atomic E-state index is 8.02. The minimum atomic E-state index is -0.287. The Bertz CT molecular complexity index is 915. The Hall–Kier alpha value is -2.39. The summed E-state index contributed by atoms with van der Waals surface area (Å²) in [6.45, 7) is 0. The molecule has 6 heteroatoms. The number of nitrogens with zero attached hydrogens (tertiary/aromatic N) is 1. The van der Waals surface area contributed by atoms with E-state index >= 15 is 0 Å². The summed E-state index contributed by atoms with van der Waals surface area (Å²) >= 11 is 0. The van der Waals surface area contributed by atoms with Gasteiger partial charge in [0.05, 0.1) is 5.69 Å². The van der Waals surface area contributed by atoms with Crippen molar-refractivity contribution in [2.24, 2.45) is 11.5 Å². The van der Waals surface area contributed by atoms with Crippen molar-refractivity contribution in [2.75, 3.05) is 4.90 Å². The zero-order valence-corrected chi connectivity index (χ0v) is 19.8. The van der Waals surface area contributed by atoms with Crippen LogP contribution in [0, 0.1) is 10.8 Å².